The highest BCUT2D eigenvalue weighted by atomic mass is 16.4. The van der Waals surface area contributed by atoms with Gasteiger partial charge >= 0.3 is 5.97 Å². The molecule has 14 nitrogen and oxygen atoms in total. The van der Waals surface area contributed by atoms with Crippen LogP contribution >= 0.6 is 0 Å². The molecule has 7 N–H and O–H groups in total. The van der Waals surface area contributed by atoms with Crippen LogP contribution in [0.1, 0.15) is 34.0 Å². The molecule has 0 spiro atoms. The van der Waals surface area contributed by atoms with E-state index in [1.54, 1.807) is 18.3 Å². The van der Waals surface area contributed by atoms with Crippen molar-refractivity contribution in [2.45, 2.75) is 38.4 Å². The largest absolute Gasteiger partial charge is 0.506 e. The van der Waals surface area contributed by atoms with E-state index in [1.165, 1.54) is 20.0 Å². The van der Waals surface area contributed by atoms with Gasteiger partial charge in [0.1, 0.15) is 29.9 Å². The van der Waals surface area contributed by atoms with Gasteiger partial charge in [0.15, 0.2) is 0 Å². The number of amides is 4. The number of benzene rings is 3. The Kier molecular flexibility index (Phi) is 10.6. The van der Waals surface area contributed by atoms with E-state index in [0.717, 1.165) is 26.6 Å². The number of aromatic amines is 1. The number of aromatic nitrogens is 2. The van der Waals surface area contributed by atoms with Gasteiger partial charge in [0.05, 0.1) is 5.52 Å². The second-order valence-electron chi connectivity index (χ2n) is 11.8. The number of carboxylic acids is 1. The van der Waals surface area contributed by atoms with Crippen LogP contribution in [0.5, 0.6) is 5.75 Å². The van der Waals surface area contributed by atoms with Crippen molar-refractivity contribution in [1.29, 1.82) is 0 Å². The maximum absolute atomic E-state index is 13.7. The van der Waals surface area contributed by atoms with E-state index in [-0.39, 0.29) is 24.8 Å². The van der Waals surface area contributed by atoms with E-state index in [0.29, 0.717) is 11.1 Å². The van der Waals surface area contributed by atoms with E-state index >= 15 is 0 Å². The van der Waals surface area contributed by atoms with Gasteiger partial charge in [-0.3, -0.25) is 28.8 Å². The van der Waals surface area contributed by atoms with Crippen LogP contribution in [0.3, 0.4) is 0 Å². The third kappa shape index (κ3) is 7.98. The monoisotopic (exact) mass is 680 g/mol. The number of aryl methyl sites for hydroxylation is 1. The zero-order valence-corrected chi connectivity index (χ0v) is 27.3. The molecule has 4 amide bonds. The van der Waals surface area contributed by atoms with Crippen molar-refractivity contribution >= 4 is 51.4 Å². The number of nitrogens with one attached hydrogen (secondary N) is 5. The number of H-pyrrole nitrogens is 1. The third-order valence-corrected chi connectivity index (χ3v) is 8.24. The van der Waals surface area contributed by atoms with E-state index in [1.807, 2.05) is 54.6 Å². The lowest BCUT2D eigenvalue weighted by Gasteiger charge is -2.23. The molecule has 0 saturated heterocycles. The van der Waals surface area contributed by atoms with Crippen molar-refractivity contribution in [3.8, 4) is 5.75 Å². The number of carbonyl (C=O) groups excluding carboxylic acids is 4. The number of pyridine rings is 1. The first-order valence-corrected chi connectivity index (χ1v) is 15.7. The normalized spacial score (nSPS) is 12.2. The van der Waals surface area contributed by atoms with E-state index < -0.39 is 65.1 Å². The molecule has 2 aromatic heterocycles. The molecule has 5 aromatic rings. The van der Waals surface area contributed by atoms with Crippen LogP contribution in [-0.4, -0.2) is 68.0 Å². The highest BCUT2D eigenvalue weighted by Crippen LogP contribution is 2.27. The van der Waals surface area contributed by atoms with Gasteiger partial charge in [-0.05, 0) is 34.9 Å². The molecule has 0 saturated carbocycles. The number of hydrogen-bond acceptors (Lipinski definition) is 7. The van der Waals surface area contributed by atoms with Crippen molar-refractivity contribution in [2.24, 2.45) is 7.05 Å². The number of carboxylic acid groups (broad SMARTS) is 1. The van der Waals surface area contributed by atoms with Gasteiger partial charge in [-0.25, -0.2) is 0 Å². The predicted octanol–water partition coefficient (Wildman–Crippen LogP) is 1.63. The van der Waals surface area contributed by atoms with Crippen LogP contribution < -0.4 is 26.8 Å². The Labute approximate surface area is 285 Å². The number of carbonyl (C=O) groups is 5. The smallest absolute Gasteiger partial charge is 0.322 e. The number of aliphatic carboxylic acids is 1. The number of nitrogens with zero attached hydrogens (tertiary/aromatic N) is 1. The van der Waals surface area contributed by atoms with Gasteiger partial charge in [-0.1, -0.05) is 54.6 Å². The minimum absolute atomic E-state index is 0.0524. The number of rotatable bonds is 13. The molecule has 0 bridgehead atoms. The highest BCUT2D eigenvalue weighted by molar-refractivity contribution is 6.03. The van der Waals surface area contributed by atoms with Crippen molar-refractivity contribution in [2.75, 3.05) is 6.54 Å². The Morgan fingerprint density at radius 2 is 1.52 bits per heavy atom. The standard InChI is InChI=1S/C36H36N6O8/c1-20(43)40-28(16-23-18-37-26-11-7-6-10-24(23)26)34(48)41-27(15-21-8-4-3-5-9-21)33(47)38-17-22-12-13-29-25(14-22)32(46)31(36(50)42(29)2)35(49)39-19-30(44)45/h3-14,18,27-28,37,46H,15-17,19H2,1-2H3,(H,38,47)(H,39,49)(H,40,43)(H,41,48)(H,44,45)/t27-,28+/m1/s1. The average Bonchev–Trinajstić information content (AvgIpc) is 3.51. The SMILES string of the molecule is CC(=O)N[C@@H](Cc1c[nH]c2ccccc12)C(=O)N[C@H](Cc1ccccc1)C(=O)NCc1ccc2c(c1)c(O)c(C(=O)NCC(=O)O)c(=O)n2C. The summed E-state index contributed by atoms with van der Waals surface area (Å²) in [6.45, 7) is 0.512. The van der Waals surface area contributed by atoms with Crippen LogP contribution in [0.15, 0.2) is 83.8 Å². The first-order valence-electron chi connectivity index (χ1n) is 15.7. The third-order valence-electron chi connectivity index (χ3n) is 8.24. The first kappa shape index (κ1) is 34.9. The molecule has 0 unspecified atom stereocenters. The van der Waals surface area contributed by atoms with Gasteiger partial charge < -0.3 is 41.0 Å². The molecule has 0 aliphatic heterocycles. The molecule has 258 valence electrons. The van der Waals surface area contributed by atoms with Crippen LogP contribution in [-0.2, 0) is 45.6 Å². The van der Waals surface area contributed by atoms with Crippen molar-refractivity contribution in [1.82, 2.24) is 30.8 Å². The number of hydrogen-bond donors (Lipinski definition) is 7. The minimum atomic E-state index is -1.32. The fourth-order valence-electron chi connectivity index (χ4n) is 5.76. The molecule has 0 fully saturated rings. The summed E-state index contributed by atoms with van der Waals surface area (Å²) in [5.74, 6) is -4.48. The van der Waals surface area contributed by atoms with Gasteiger partial charge in [0.25, 0.3) is 11.5 Å². The summed E-state index contributed by atoms with van der Waals surface area (Å²) in [6.07, 6.45) is 2.10. The van der Waals surface area contributed by atoms with Crippen molar-refractivity contribution < 1.29 is 34.2 Å². The summed E-state index contributed by atoms with van der Waals surface area (Å²) in [5.41, 5.74) is 1.84. The molecule has 0 aliphatic rings. The van der Waals surface area contributed by atoms with Crippen LogP contribution in [0.2, 0.25) is 0 Å². The van der Waals surface area contributed by atoms with E-state index in [9.17, 15) is 33.9 Å². The molecule has 0 radical (unpaired) electrons. The summed E-state index contributed by atoms with van der Waals surface area (Å²) in [5, 5.41) is 31.3. The van der Waals surface area contributed by atoms with E-state index in [4.69, 9.17) is 5.11 Å². The van der Waals surface area contributed by atoms with Gasteiger partial charge in [0, 0.05) is 55.8 Å². The Bertz CT molecular complexity index is 2160. The lowest BCUT2D eigenvalue weighted by atomic mass is 10.0. The zero-order chi connectivity index (χ0) is 35.9. The van der Waals surface area contributed by atoms with Gasteiger partial charge in [-0.2, -0.15) is 0 Å². The van der Waals surface area contributed by atoms with E-state index in [2.05, 4.69) is 26.3 Å². The lowest BCUT2D eigenvalue weighted by Crippen LogP contribution is -2.54. The molecule has 14 heteroatoms. The maximum Gasteiger partial charge on any atom is 0.322 e. The minimum Gasteiger partial charge on any atom is -0.506 e. The summed E-state index contributed by atoms with van der Waals surface area (Å²) in [6, 6.07) is 19.3. The molecule has 0 aliphatic carbocycles. The van der Waals surface area contributed by atoms with Crippen LogP contribution in [0.4, 0.5) is 0 Å². The second-order valence-corrected chi connectivity index (χ2v) is 11.8. The quantitative estimate of drug-likeness (QED) is 0.0969. The Balaban J connectivity index is 1.37. The molecule has 3 aromatic carbocycles. The fourth-order valence-corrected chi connectivity index (χ4v) is 5.76. The van der Waals surface area contributed by atoms with Crippen molar-refractivity contribution in [3.05, 3.63) is 112 Å². The Morgan fingerprint density at radius 1 is 0.820 bits per heavy atom. The molecule has 2 heterocycles. The molecule has 5 rings (SSSR count). The topological polar surface area (TPSA) is 212 Å². The molecule has 50 heavy (non-hydrogen) atoms. The van der Waals surface area contributed by atoms with Crippen LogP contribution in [0, 0.1) is 0 Å². The first-order chi connectivity index (χ1) is 23.9. The molecular formula is C36H36N6O8. The predicted molar refractivity (Wildman–Crippen MR) is 184 cm³/mol. The average molecular weight is 681 g/mol. The second kappa shape index (κ2) is 15.2. The summed E-state index contributed by atoms with van der Waals surface area (Å²) in [4.78, 5) is 79.0. The number of para-hydroxylation sites is 1. The summed E-state index contributed by atoms with van der Waals surface area (Å²) < 4.78 is 1.15. The highest BCUT2D eigenvalue weighted by Gasteiger charge is 2.28. The lowest BCUT2D eigenvalue weighted by molar-refractivity contribution is -0.135. The van der Waals surface area contributed by atoms with Gasteiger partial charge in [0.2, 0.25) is 17.7 Å². The number of fused-ring (bicyclic) bond motifs is 2. The maximum atomic E-state index is 13.7. The summed E-state index contributed by atoms with van der Waals surface area (Å²) >= 11 is 0. The summed E-state index contributed by atoms with van der Waals surface area (Å²) in [7, 11) is 1.41. The van der Waals surface area contributed by atoms with Gasteiger partial charge in [-0.15, -0.1) is 0 Å². The molecular weight excluding hydrogens is 644 g/mol. The van der Waals surface area contributed by atoms with Crippen molar-refractivity contribution in [3.63, 3.8) is 0 Å². The number of aromatic hydroxyl groups is 1. The molecule has 2 atom stereocenters. The fraction of sp³-hybridized carbons (Fsp3) is 0.222. The Hall–Kier alpha value is -6.44. The Morgan fingerprint density at radius 3 is 2.24 bits per heavy atom. The zero-order valence-electron chi connectivity index (χ0n) is 27.3. The van der Waals surface area contributed by atoms with Crippen LogP contribution in [0.25, 0.3) is 21.8 Å².